The van der Waals surface area contributed by atoms with Crippen LogP contribution in [-0.4, -0.2) is 42.8 Å². The monoisotopic (exact) mass is 408 g/mol. The van der Waals surface area contributed by atoms with E-state index in [0.717, 1.165) is 49.1 Å². The van der Waals surface area contributed by atoms with Crippen LogP contribution in [0.1, 0.15) is 6.92 Å². The Balaban J connectivity index is 1.43. The highest BCUT2D eigenvalue weighted by Gasteiger charge is 2.21. The summed E-state index contributed by atoms with van der Waals surface area (Å²) in [6.07, 6.45) is 1.52. The summed E-state index contributed by atoms with van der Waals surface area (Å²) in [7, 11) is 0. The maximum atomic E-state index is 13.2. The fraction of sp³-hybridized carbons (Fsp3) is 0.273. The Morgan fingerprint density at radius 2 is 1.63 bits per heavy atom. The lowest BCUT2D eigenvalue weighted by molar-refractivity contribution is 0.340. The fourth-order valence-corrected chi connectivity index (χ4v) is 3.50. The predicted molar refractivity (Wildman–Crippen MR) is 118 cm³/mol. The quantitative estimate of drug-likeness (QED) is 0.644. The maximum absolute atomic E-state index is 13.2. The Labute approximate surface area is 175 Å². The molecule has 0 bridgehead atoms. The molecule has 30 heavy (non-hydrogen) atoms. The topological polar surface area (TPSA) is 79.5 Å². The molecule has 0 unspecified atom stereocenters. The number of hydrogen-bond acceptors (Lipinski definition) is 7. The zero-order valence-corrected chi connectivity index (χ0v) is 16.9. The Kier molecular flexibility index (Phi) is 5.83. The van der Waals surface area contributed by atoms with Gasteiger partial charge in [-0.2, -0.15) is 0 Å². The highest BCUT2D eigenvalue weighted by atomic mass is 19.1. The van der Waals surface area contributed by atoms with Crippen LogP contribution >= 0.6 is 0 Å². The van der Waals surface area contributed by atoms with Crippen molar-refractivity contribution >= 4 is 28.7 Å². The average Bonchev–Trinajstić information content (AvgIpc) is 2.77. The van der Waals surface area contributed by atoms with Gasteiger partial charge in [0, 0.05) is 37.6 Å². The van der Waals surface area contributed by atoms with Crippen LogP contribution in [-0.2, 0) is 0 Å². The van der Waals surface area contributed by atoms with E-state index in [0.29, 0.717) is 18.1 Å². The van der Waals surface area contributed by atoms with E-state index < -0.39 is 0 Å². The summed E-state index contributed by atoms with van der Waals surface area (Å²) in [5.74, 6) is 1.89. The van der Waals surface area contributed by atoms with E-state index >= 15 is 0 Å². The van der Waals surface area contributed by atoms with Gasteiger partial charge < -0.3 is 25.6 Å². The number of nitrogen functional groups attached to an aromatic ring is 1. The third-order valence-corrected chi connectivity index (χ3v) is 5.06. The second-order valence-electron chi connectivity index (χ2n) is 6.99. The first-order chi connectivity index (χ1) is 14.6. The number of benzene rings is 2. The number of nitrogens with two attached hydrogens (primary N) is 1. The van der Waals surface area contributed by atoms with Crippen molar-refractivity contribution in [2.75, 3.05) is 53.6 Å². The van der Waals surface area contributed by atoms with Gasteiger partial charge in [-0.15, -0.1) is 0 Å². The number of anilines is 5. The summed E-state index contributed by atoms with van der Waals surface area (Å²) in [5, 5.41) is 3.26. The Bertz CT molecular complexity index is 972. The molecule has 4 rings (SSSR count). The van der Waals surface area contributed by atoms with Crippen LogP contribution < -0.4 is 25.6 Å². The molecule has 8 heteroatoms. The zero-order valence-electron chi connectivity index (χ0n) is 16.9. The second kappa shape index (κ2) is 8.86. The van der Waals surface area contributed by atoms with Crippen LogP contribution in [0.2, 0.25) is 0 Å². The van der Waals surface area contributed by atoms with E-state index in [1.165, 1.54) is 18.5 Å². The van der Waals surface area contributed by atoms with Gasteiger partial charge >= 0.3 is 0 Å². The molecule has 0 spiro atoms. The molecule has 1 saturated heterocycles. The number of halogens is 1. The molecule has 7 nitrogen and oxygen atoms in total. The van der Waals surface area contributed by atoms with Gasteiger partial charge in [0.1, 0.15) is 23.6 Å². The SMILES string of the molecule is CCOc1ccc(Nc2ncnc(N3CCN(c4ccc(F)cc4)CC3)c2N)cc1. The zero-order chi connectivity index (χ0) is 20.9. The standard InChI is InChI=1S/C22H25FN6O/c1-2-30-19-9-5-17(6-10-19)27-21-20(24)22(26-15-25-21)29-13-11-28(12-14-29)18-7-3-16(23)4-8-18/h3-10,15H,2,11-14,24H2,1H3,(H,25,26,27). The molecular formula is C22H25FN6O. The van der Waals surface area contributed by atoms with Crippen molar-refractivity contribution in [1.82, 2.24) is 9.97 Å². The van der Waals surface area contributed by atoms with Crippen LogP contribution in [0.4, 0.5) is 33.1 Å². The molecule has 1 aromatic heterocycles. The maximum Gasteiger partial charge on any atom is 0.159 e. The normalized spacial score (nSPS) is 13.9. The van der Waals surface area contributed by atoms with E-state index in [4.69, 9.17) is 10.5 Å². The van der Waals surface area contributed by atoms with Gasteiger partial charge in [-0.1, -0.05) is 0 Å². The third-order valence-electron chi connectivity index (χ3n) is 5.06. The molecule has 3 N–H and O–H groups in total. The first kappa shape index (κ1) is 19.8. The van der Waals surface area contributed by atoms with Gasteiger partial charge in [0.05, 0.1) is 6.61 Å². The van der Waals surface area contributed by atoms with Crippen molar-refractivity contribution in [3.8, 4) is 5.75 Å². The van der Waals surface area contributed by atoms with Crippen LogP contribution in [0.3, 0.4) is 0 Å². The molecule has 156 valence electrons. The highest BCUT2D eigenvalue weighted by Crippen LogP contribution is 2.30. The number of rotatable bonds is 6. The smallest absolute Gasteiger partial charge is 0.159 e. The summed E-state index contributed by atoms with van der Waals surface area (Å²) in [6, 6.07) is 14.2. The molecular weight excluding hydrogens is 383 g/mol. The fourth-order valence-electron chi connectivity index (χ4n) is 3.50. The second-order valence-corrected chi connectivity index (χ2v) is 6.99. The molecule has 1 aliphatic rings. The number of hydrogen-bond donors (Lipinski definition) is 2. The van der Waals surface area contributed by atoms with Crippen molar-refractivity contribution in [1.29, 1.82) is 0 Å². The molecule has 0 atom stereocenters. The van der Waals surface area contributed by atoms with Gasteiger partial charge in [-0.3, -0.25) is 0 Å². The van der Waals surface area contributed by atoms with Crippen molar-refractivity contribution in [2.24, 2.45) is 0 Å². The molecule has 3 aromatic rings. The van der Waals surface area contributed by atoms with Gasteiger partial charge in [0.15, 0.2) is 11.6 Å². The van der Waals surface area contributed by atoms with Gasteiger partial charge in [-0.05, 0) is 55.5 Å². The van der Waals surface area contributed by atoms with E-state index in [1.807, 2.05) is 43.3 Å². The summed E-state index contributed by atoms with van der Waals surface area (Å²) in [4.78, 5) is 13.1. The minimum atomic E-state index is -0.223. The van der Waals surface area contributed by atoms with E-state index in [9.17, 15) is 4.39 Å². The van der Waals surface area contributed by atoms with Crippen molar-refractivity contribution in [2.45, 2.75) is 6.92 Å². The van der Waals surface area contributed by atoms with E-state index in [-0.39, 0.29) is 5.82 Å². The van der Waals surface area contributed by atoms with E-state index in [2.05, 4.69) is 25.1 Å². The van der Waals surface area contributed by atoms with Crippen LogP contribution in [0.15, 0.2) is 54.9 Å². The Morgan fingerprint density at radius 3 is 2.30 bits per heavy atom. The molecule has 0 saturated carbocycles. The van der Waals surface area contributed by atoms with Crippen molar-refractivity contribution in [3.05, 3.63) is 60.7 Å². The highest BCUT2D eigenvalue weighted by molar-refractivity contribution is 5.78. The molecule has 1 fully saturated rings. The van der Waals surface area contributed by atoms with Gasteiger partial charge in [0.2, 0.25) is 0 Å². The van der Waals surface area contributed by atoms with Crippen molar-refractivity contribution in [3.63, 3.8) is 0 Å². The first-order valence-electron chi connectivity index (χ1n) is 10.00. The molecule has 2 aromatic carbocycles. The van der Waals surface area contributed by atoms with E-state index in [1.54, 1.807) is 0 Å². The third kappa shape index (κ3) is 4.37. The summed E-state index contributed by atoms with van der Waals surface area (Å²) >= 11 is 0. The number of nitrogens with one attached hydrogen (secondary N) is 1. The lowest BCUT2D eigenvalue weighted by Crippen LogP contribution is -2.47. The molecule has 1 aliphatic heterocycles. The first-order valence-corrected chi connectivity index (χ1v) is 10.00. The molecule has 0 amide bonds. The molecule has 2 heterocycles. The van der Waals surface area contributed by atoms with Crippen LogP contribution in [0.25, 0.3) is 0 Å². The number of aromatic nitrogens is 2. The van der Waals surface area contributed by atoms with Crippen LogP contribution in [0.5, 0.6) is 5.75 Å². The van der Waals surface area contributed by atoms with Crippen molar-refractivity contribution < 1.29 is 9.13 Å². The summed E-state index contributed by atoms with van der Waals surface area (Å²) < 4.78 is 18.6. The number of nitrogens with zero attached hydrogens (tertiary/aromatic N) is 4. The van der Waals surface area contributed by atoms with Gasteiger partial charge in [-0.25, -0.2) is 14.4 Å². The molecule has 0 aliphatic carbocycles. The van der Waals surface area contributed by atoms with Gasteiger partial charge in [0.25, 0.3) is 0 Å². The number of ether oxygens (including phenoxy) is 1. The summed E-state index contributed by atoms with van der Waals surface area (Å²) in [5.41, 5.74) is 8.80. The Hall–Kier alpha value is -3.55. The lowest BCUT2D eigenvalue weighted by atomic mass is 10.2. The van der Waals surface area contributed by atoms with Crippen LogP contribution in [0, 0.1) is 5.82 Å². The minimum absolute atomic E-state index is 0.223. The largest absolute Gasteiger partial charge is 0.494 e. The minimum Gasteiger partial charge on any atom is -0.494 e. The summed E-state index contributed by atoms with van der Waals surface area (Å²) in [6.45, 7) is 5.72. The number of piperazine rings is 1. The lowest BCUT2D eigenvalue weighted by Gasteiger charge is -2.37. The Morgan fingerprint density at radius 1 is 0.967 bits per heavy atom. The molecule has 0 radical (unpaired) electrons. The average molecular weight is 408 g/mol. The predicted octanol–water partition coefficient (Wildman–Crippen LogP) is 3.67.